The second kappa shape index (κ2) is 17.8. The van der Waals surface area contributed by atoms with Crippen LogP contribution in [-0.2, 0) is 0 Å². The van der Waals surface area contributed by atoms with Crippen molar-refractivity contribution >= 4 is 23.6 Å². The van der Waals surface area contributed by atoms with Gasteiger partial charge in [-0.1, -0.05) is 36.4 Å². The zero-order valence-corrected chi connectivity index (χ0v) is 28.7. The van der Waals surface area contributed by atoms with E-state index in [1.807, 2.05) is 65.0 Å². The quantitative estimate of drug-likeness (QED) is 0.126. The van der Waals surface area contributed by atoms with Gasteiger partial charge in [0.25, 0.3) is 23.6 Å². The fourth-order valence-electron chi connectivity index (χ4n) is 4.82. The Labute approximate surface area is 285 Å². The van der Waals surface area contributed by atoms with Gasteiger partial charge < -0.3 is 40.7 Å². The van der Waals surface area contributed by atoms with Crippen molar-refractivity contribution in [2.75, 3.05) is 27.2 Å². The lowest BCUT2D eigenvalue weighted by Gasteiger charge is -2.17. The monoisotopic (exact) mass is 669 g/mol. The standard InChI is InChI=1S/C18H20N4O3.C18H23N3O3/c1-4-21-17(23)14-9-15(16(22-14)18(24)20-3)25-11(2)13-7-5-6-12(8-13)10-19;1-5-20-17(22)14-10-15(16(21-14)18(23)19-4)24-12(3)13-9-7-6-8-11(13)2/h5-9,11,22H,4H2,1-3H3,(H,20,24)(H,21,23);6-10,12,21H,5H2,1-4H3,(H,19,23)(H,20,22). The Morgan fingerprint density at radius 2 is 1.24 bits per heavy atom. The maximum atomic E-state index is 12.1. The summed E-state index contributed by atoms with van der Waals surface area (Å²) < 4.78 is 11.9. The molecule has 0 saturated carbocycles. The summed E-state index contributed by atoms with van der Waals surface area (Å²) in [4.78, 5) is 53.7. The Morgan fingerprint density at radius 1 is 0.735 bits per heavy atom. The van der Waals surface area contributed by atoms with Gasteiger partial charge in [0.15, 0.2) is 11.5 Å². The number of hydrogen-bond donors (Lipinski definition) is 6. The summed E-state index contributed by atoms with van der Waals surface area (Å²) in [6.45, 7) is 10.3. The van der Waals surface area contributed by atoms with Crippen LogP contribution in [0.15, 0.2) is 60.7 Å². The number of benzene rings is 2. The molecule has 4 rings (SSSR count). The summed E-state index contributed by atoms with van der Waals surface area (Å²) in [7, 11) is 3.03. The maximum Gasteiger partial charge on any atom is 0.271 e. The number of hydrogen-bond acceptors (Lipinski definition) is 7. The first-order valence-corrected chi connectivity index (χ1v) is 15.8. The maximum absolute atomic E-state index is 12.1. The molecule has 49 heavy (non-hydrogen) atoms. The average molecular weight is 670 g/mol. The van der Waals surface area contributed by atoms with Crippen molar-refractivity contribution < 1.29 is 28.7 Å². The molecular formula is C36H43N7O6. The fourth-order valence-corrected chi connectivity index (χ4v) is 4.82. The molecule has 0 saturated heterocycles. The van der Waals surface area contributed by atoms with Gasteiger partial charge in [-0.2, -0.15) is 5.26 Å². The van der Waals surface area contributed by atoms with E-state index in [-0.39, 0.29) is 52.6 Å². The lowest BCUT2D eigenvalue weighted by molar-refractivity contribution is 0.0935. The smallest absolute Gasteiger partial charge is 0.271 e. The van der Waals surface area contributed by atoms with Crippen molar-refractivity contribution in [2.45, 2.75) is 46.8 Å². The molecule has 0 fully saturated rings. The van der Waals surface area contributed by atoms with Crippen LogP contribution in [0.5, 0.6) is 11.5 Å². The number of nitriles is 1. The van der Waals surface area contributed by atoms with Crippen LogP contribution < -0.4 is 30.7 Å². The molecule has 2 aromatic heterocycles. The van der Waals surface area contributed by atoms with Crippen LogP contribution >= 0.6 is 0 Å². The minimum atomic E-state index is -0.408. The third-order valence-corrected chi connectivity index (χ3v) is 7.35. The molecule has 2 heterocycles. The largest absolute Gasteiger partial charge is 0.484 e. The Bertz CT molecular complexity index is 1820. The van der Waals surface area contributed by atoms with Gasteiger partial charge in [-0.15, -0.1) is 0 Å². The van der Waals surface area contributed by atoms with Crippen molar-refractivity contribution in [3.8, 4) is 17.6 Å². The molecule has 4 aromatic rings. The lowest BCUT2D eigenvalue weighted by Crippen LogP contribution is -2.23. The van der Waals surface area contributed by atoms with Crippen LogP contribution in [-0.4, -0.2) is 60.8 Å². The van der Waals surface area contributed by atoms with E-state index in [1.165, 1.54) is 20.2 Å². The molecule has 258 valence electrons. The summed E-state index contributed by atoms with van der Waals surface area (Å²) in [5.41, 5.74) is 4.40. The Balaban J connectivity index is 0.000000266. The normalized spacial score (nSPS) is 11.5. The van der Waals surface area contributed by atoms with E-state index in [4.69, 9.17) is 14.7 Å². The number of H-pyrrole nitrogens is 2. The number of aromatic amines is 2. The molecule has 0 spiro atoms. The van der Waals surface area contributed by atoms with E-state index in [2.05, 4.69) is 37.3 Å². The van der Waals surface area contributed by atoms with Crippen molar-refractivity contribution in [1.82, 2.24) is 31.2 Å². The van der Waals surface area contributed by atoms with Gasteiger partial charge in [0, 0.05) is 39.3 Å². The highest BCUT2D eigenvalue weighted by Gasteiger charge is 2.23. The zero-order chi connectivity index (χ0) is 36.1. The van der Waals surface area contributed by atoms with E-state index in [9.17, 15) is 19.2 Å². The lowest BCUT2D eigenvalue weighted by atomic mass is 10.0. The molecule has 0 aliphatic heterocycles. The predicted molar refractivity (Wildman–Crippen MR) is 185 cm³/mol. The number of amides is 4. The number of aromatic nitrogens is 2. The zero-order valence-electron chi connectivity index (χ0n) is 28.7. The van der Waals surface area contributed by atoms with Gasteiger partial charge in [-0.25, -0.2) is 0 Å². The van der Waals surface area contributed by atoms with Crippen LogP contribution in [0.25, 0.3) is 0 Å². The SMILES string of the molecule is CCNC(=O)c1cc(OC(C)c2cccc(C#N)c2)c(C(=O)NC)[nH]1.CCNC(=O)c1cc(OC(C)c2ccccc2C)c(C(=O)NC)[nH]1. The number of nitrogens with one attached hydrogen (secondary N) is 6. The van der Waals surface area contributed by atoms with Gasteiger partial charge in [0.2, 0.25) is 0 Å². The van der Waals surface area contributed by atoms with Gasteiger partial charge in [-0.05, 0) is 63.4 Å². The first-order valence-electron chi connectivity index (χ1n) is 15.8. The number of carbonyl (C=O) groups is 4. The number of aryl methyl sites for hydroxylation is 1. The summed E-state index contributed by atoms with van der Waals surface area (Å²) in [5, 5.41) is 19.4. The summed E-state index contributed by atoms with van der Waals surface area (Å²) in [6.07, 6.45) is -0.665. The Kier molecular flexibility index (Phi) is 13.6. The third-order valence-electron chi connectivity index (χ3n) is 7.35. The summed E-state index contributed by atoms with van der Waals surface area (Å²) in [5.74, 6) is -0.689. The molecule has 2 aromatic carbocycles. The highest BCUT2D eigenvalue weighted by atomic mass is 16.5. The first kappa shape index (κ1) is 37.4. The van der Waals surface area contributed by atoms with Crippen LogP contribution in [0.2, 0.25) is 0 Å². The van der Waals surface area contributed by atoms with Crippen molar-refractivity contribution in [2.24, 2.45) is 0 Å². The second-order valence-electron chi connectivity index (χ2n) is 10.8. The van der Waals surface area contributed by atoms with Crippen LogP contribution in [0, 0.1) is 18.3 Å². The number of carbonyl (C=O) groups excluding carboxylic acids is 4. The Hall–Kier alpha value is -6.03. The minimum Gasteiger partial charge on any atom is -0.484 e. The molecule has 4 amide bonds. The molecular weight excluding hydrogens is 626 g/mol. The van der Waals surface area contributed by atoms with Crippen LogP contribution in [0.1, 0.15) is 104 Å². The van der Waals surface area contributed by atoms with E-state index in [1.54, 1.807) is 24.3 Å². The molecule has 0 bridgehead atoms. The first-order chi connectivity index (χ1) is 23.5. The molecule has 0 aliphatic carbocycles. The van der Waals surface area contributed by atoms with Crippen molar-refractivity contribution in [3.63, 3.8) is 0 Å². The van der Waals surface area contributed by atoms with Gasteiger partial charge in [0.1, 0.15) is 35.0 Å². The molecule has 13 heteroatoms. The number of rotatable bonds is 12. The van der Waals surface area contributed by atoms with E-state index in [0.717, 1.165) is 16.7 Å². The van der Waals surface area contributed by atoms with Gasteiger partial charge in [-0.3, -0.25) is 19.2 Å². The number of ether oxygens (including phenoxy) is 2. The van der Waals surface area contributed by atoms with Crippen molar-refractivity contribution in [3.05, 3.63) is 106 Å². The predicted octanol–water partition coefficient (Wildman–Crippen LogP) is 4.71. The Morgan fingerprint density at radius 3 is 1.71 bits per heavy atom. The molecule has 0 aliphatic rings. The van der Waals surface area contributed by atoms with Crippen molar-refractivity contribution in [1.29, 1.82) is 5.26 Å². The van der Waals surface area contributed by atoms with Crippen LogP contribution in [0.3, 0.4) is 0 Å². The van der Waals surface area contributed by atoms with Gasteiger partial charge in [0.05, 0.1) is 11.6 Å². The molecule has 2 atom stereocenters. The highest BCUT2D eigenvalue weighted by molar-refractivity contribution is 6.00. The fraction of sp³-hybridized carbons (Fsp3) is 0.306. The third kappa shape index (κ3) is 9.74. The highest BCUT2D eigenvalue weighted by Crippen LogP contribution is 2.29. The van der Waals surface area contributed by atoms with Crippen LogP contribution in [0.4, 0.5) is 0 Å². The summed E-state index contributed by atoms with van der Waals surface area (Å²) in [6, 6.07) is 20.1. The van der Waals surface area contributed by atoms with E-state index < -0.39 is 6.10 Å². The topological polar surface area (TPSA) is 190 Å². The van der Waals surface area contributed by atoms with E-state index in [0.29, 0.717) is 30.1 Å². The molecule has 0 radical (unpaired) electrons. The average Bonchev–Trinajstić information content (AvgIpc) is 3.73. The second-order valence-corrected chi connectivity index (χ2v) is 10.8. The molecule has 13 nitrogen and oxygen atoms in total. The molecule has 6 N–H and O–H groups in total. The summed E-state index contributed by atoms with van der Waals surface area (Å²) >= 11 is 0. The van der Waals surface area contributed by atoms with E-state index >= 15 is 0 Å². The van der Waals surface area contributed by atoms with Gasteiger partial charge >= 0.3 is 0 Å². The molecule has 2 unspecified atom stereocenters. The number of nitrogens with zero attached hydrogens (tertiary/aromatic N) is 1. The minimum absolute atomic E-state index is 0.173.